The third kappa shape index (κ3) is 2.32. The van der Waals surface area contributed by atoms with E-state index in [2.05, 4.69) is 28.4 Å². The maximum Gasteiger partial charge on any atom is 0.328 e. The van der Waals surface area contributed by atoms with Gasteiger partial charge in [0.05, 0.1) is 7.11 Å². The molecule has 4 heteroatoms. The molecule has 0 aromatic heterocycles. The van der Waals surface area contributed by atoms with Crippen LogP contribution < -0.4 is 10.2 Å². The normalized spacial score (nSPS) is 22.2. The first kappa shape index (κ1) is 12.5. The molecule has 102 valence electrons. The zero-order chi connectivity index (χ0) is 13.2. The van der Waals surface area contributed by atoms with Gasteiger partial charge in [-0.3, -0.25) is 0 Å². The quantitative estimate of drug-likeness (QED) is 0.818. The largest absolute Gasteiger partial charge is 0.467 e. The van der Waals surface area contributed by atoms with Crippen molar-refractivity contribution in [3.63, 3.8) is 0 Å². The molecule has 1 atom stereocenters. The van der Waals surface area contributed by atoms with Gasteiger partial charge < -0.3 is 15.0 Å². The molecule has 0 radical (unpaired) electrons. The molecule has 1 N–H and O–H groups in total. The van der Waals surface area contributed by atoms with Gasteiger partial charge in [0.15, 0.2) is 0 Å². The number of carbonyl (C=O) groups is 1. The molecule has 0 bridgehead atoms. The minimum absolute atomic E-state index is 0.107. The third-order valence-electron chi connectivity index (χ3n) is 4.13. The van der Waals surface area contributed by atoms with Crippen LogP contribution >= 0.6 is 0 Å². The van der Waals surface area contributed by atoms with Crippen molar-refractivity contribution in [2.75, 3.05) is 25.1 Å². The highest BCUT2D eigenvalue weighted by Crippen LogP contribution is 2.29. The Balaban J connectivity index is 1.87. The average molecular weight is 260 g/mol. The lowest BCUT2D eigenvalue weighted by Crippen LogP contribution is -2.37. The van der Waals surface area contributed by atoms with E-state index in [-0.39, 0.29) is 12.0 Å². The maximum atomic E-state index is 11.8. The van der Waals surface area contributed by atoms with Gasteiger partial charge in [0.2, 0.25) is 0 Å². The van der Waals surface area contributed by atoms with Gasteiger partial charge in [-0.25, -0.2) is 4.79 Å². The smallest absolute Gasteiger partial charge is 0.328 e. The fraction of sp³-hybridized carbons (Fsp3) is 0.533. The van der Waals surface area contributed by atoms with Crippen molar-refractivity contribution < 1.29 is 9.53 Å². The molecule has 1 aromatic rings. The molecule has 0 amide bonds. The van der Waals surface area contributed by atoms with E-state index < -0.39 is 0 Å². The van der Waals surface area contributed by atoms with Crippen molar-refractivity contribution in [2.45, 2.75) is 31.8 Å². The summed E-state index contributed by atoms with van der Waals surface area (Å²) in [6.07, 6.45) is 3.02. The lowest BCUT2D eigenvalue weighted by molar-refractivity contribution is -0.141. The topological polar surface area (TPSA) is 41.6 Å². The van der Waals surface area contributed by atoms with Gasteiger partial charge in [0.25, 0.3) is 0 Å². The number of benzene rings is 1. The first-order chi connectivity index (χ1) is 9.29. The minimum atomic E-state index is -0.114. The molecule has 3 rings (SSSR count). The van der Waals surface area contributed by atoms with Gasteiger partial charge in [0, 0.05) is 18.8 Å². The van der Waals surface area contributed by atoms with E-state index in [4.69, 9.17) is 4.74 Å². The van der Waals surface area contributed by atoms with Crippen LogP contribution in [0.15, 0.2) is 18.2 Å². The van der Waals surface area contributed by atoms with Crippen LogP contribution in [0.3, 0.4) is 0 Å². The fourth-order valence-electron chi connectivity index (χ4n) is 3.10. The summed E-state index contributed by atoms with van der Waals surface area (Å²) in [6.45, 7) is 2.93. The molecule has 1 aromatic carbocycles. The molecule has 2 heterocycles. The van der Waals surface area contributed by atoms with Crippen LogP contribution in [0.5, 0.6) is 0 Å². The number of anilines is 1. The first-order valence-electron chi connectivity index (χ1n) is 6.96. The van der Waals surface area contributed by atoms with E-state index in [1.807, 2.05) is 0 Å². The van der Waals surface area contributed by atoms with E-state index in [1.165, 1.54) is 18.2 Å². The zero-order valence-corrected chi connectivity index (χ0v) is 11.3. The Bertz CT molecular complexity index is 487. The fourth-order valence-corrected chi connectivity index (χ4v) is 3.10. The lowest BCUT2D eigenvalue weighted by Gasteiger charge is -2.27. The highest BCUT2D eigenvalue weighted by Gasteiger charge is 2.31. The van der Waals surface area contributed by atoms with Gasteiger partial charge >= 0.3 is 5.97 Å². The Morgan fingerprint density at radius 3 is 3.16 bits per heavy atom. The number of carbonyl (C=O) groups excluding carboxylic acids is 1. The number of esters is 1. The van der Waals surface area contributed by atoms with Crippen LogP contribution in [0.25, 0.3) is 0 Å². The second-order valence-electron chi connectivity index (χ2n) is 5.25. The number of hydrogen-bond donors (Lipinski definition) is 1. The standard InChI is InChI=1S/C15H20N2O2/c1-19-15(18)14-3-2-8-17(14)13-5-4-12-10-16-7-6-11(12)9-13/h4-5,9,14,16H,2-3,6-8,10H2,1H3. The average Bonchev–Trinajstić information content (AvgIpc) is 2.95. The summed E-state index contributed by atoms with van der Waals surface area (Å²) in [5.74, 6) is -0.114. The van der Waals surface area contributed by atoms with Crippen molar-refractivity contribution in [2.24, 2.45) is 0 Å². The molecular weight excluding hydrogens is 240 g/mol. The van der Waals surface area contributed by atoms with Crippen LogP contribution in [0.4, 0.5) is 5.69 Å². The molecule has 1 unspecified atom stereocenters. The van der Waals surface area contributed by atoms with Gasteiger partial charge in [-0.15, -0.1) is 0 Å². The predicted octanol–water partition coefficient (Wildman–Crippen LogP) is 1.47. The number of rotatable bonds is 2. The van der Waals surface area contributed by atoms with E-state index in [0.717, 1.165) is 44.6 Å². The summed E-state index contributed by atoms with van der Waals surface area (Å²) in [4.78, 5) is 14.0. The molecule has 2 aliphatic heterocycles. The molecule has 0 aliphatic carbocycles. The number of methoxy groups -OCH3 is 1. The number of fused-ring (bicyclic) bond motifs is 1. The third-order valence-corrected chi connectivity index (χ3v) is 4.13. The van der Waals surface area contributed by atoms with Gasteiger partial charge in [0.1, 0.15) is 6.04 Å². The second kappa shape index (κ2) is 5.21. The van der Waals surface area contributed by atoms with Crippen LogP contribution in [-0.4, -0.2) is 32.2 Å². The van der Waals surface area contributed by atoms with Gasteiger partial charge in [-0.1, -0.05) is 6.07 Å². The SMILES string of the molecule is COC(=O)C1CCCN1c1ccc2c(c1)CCNC2. The Morgan fingerprint density at radius 1 is 1.42 bits per heavy atom. The molecule has 4 nitrogen and oxygen atoms in total. The monoisotopic (exact) mass is 260 g/mol. The molecule has 2 aliphatic rings. The summed E-state index contributed by atoms with van der Waals surface area (Å²) < 4.78 is 4.91. The Kier molecular flexibility index (Phi) is 3.42. The van der Waals surface area contributed by atoms with Gasteiger partial charge in [-0.05, 0) is 49.1 Å². The Morgan fingerprint density at radius 2 is 2.32 bits per heavy atom. The zero-order valence-electron chi connectivity index (χ0n) is 11.3. The van der Waals surface area contributed by atoms with E-state index in [9.17, 15) is 4.79 Å². The molecule has 0 spiro atoms. The maximum absolute atomic E-state index is 11.8. The molecule has 1 saturated heterocycles. The second-order valence-corrected chi connectivity index (χ2v) is 5.25. The van der Waals surface area contributed by atoms with Crippen molar-refractivity contribution in [1.82, 2.24) is 5.32 Å². The Hall–Kier alpha value is -1.55. The van der Waals surface area contributed by atoms with Crippen molar-refractivity contribution in [3.05, 3.63) is 29.3 Å². The molecule has 0 saturated carbocycles. The number of ether oxygens (including phenoxy) is 1. The number of nitrogens with one attached hydrogen (secondary N) is 1. The van der Waals surface area contributed by atoms with E-state index in [0.29, 0.717) is 0 Å². The lowest BCUT2D eigenvalue weighted by atomic mass is 10.00. The highest BCUT2D eigenvalue weighted by molar-refractivity contribution is 5.80. The van der Waals surface area contributed by atoms with Crippen LogP contribution in [0.2, 0.25) is 0 Å². The van der Waals surface area contributed by atoms with E-state index in [1.54, 1.807) is 0 Å². The molecule has 1 fully saturated rings. The molecule has 19 heavy (non-hydrogen) atoms. The summed E-state index contributed by atoms with van der Waals surface area (Å²) in [6, 6.07) is 6.46. The predicted molar refractivity (Wildman–Crippen MR) is 74.2 cm³/mol. The summed E-state index contributed by atoms with van der Waals surface area (Å²) in [5, 5.41) is 3.38. The first-order valence-corrected chi connectivity index (χ1v) is 6.96. The number of hydrogen-bond acceptors (Lipinski definition) is 4. The van der Waals surface area contributed by atoms with E-state index >= 15 is 0 Å². The minimum Gasteiger partial charge on any atom is -0.467 e. The molecular formula is C15H20N2O2. The number of nitrogens with zero attached hydrogens (tertiary/aromatic N) is 1. The van der Waals surface area contributed by atoms with Crippen molar-refractivity contribution in [1.29, 1.82) is 0 Å². The van der Waals surface area contributed by atoms with Crippen molar-refractivity contribution >= 4 is 11.7 Å². The van der Waals surface area contributed by atoms with Gasteiger partial charge in [-0.2, -0.15) is 0 Å². The summed E-state index contributed by atoms with van der Waals surface area (Å²) in [7, 11) is 1.47. The Labute approximate surface area is 113 Å². The highest BCUT2D eigenvalue weighted by atomic mass is 16.5. The van der Waals surface area contributed by atoms with Crippen LogP contribution in [0, 0.1) is 0 Å². The summed E-state index contributed by atoms with van der Waals surface area (Å²) >= 11 is 0. The summed E-state index contributed by atoms with van der Waals surface area (Å²) in [5.41, 5.74) is 3.95. The van der Waals surface area contributed by atoms with Crippen molar-refractivity contribution in [3.8, 4) is 0 Å². The van der Waals surface area contributed by atoms with Crippen LogP contribution in [0.1, 0.15) is 24.0 Å². The van der Waals surface area contributed by atoms with Crippen LogP contribution in [-0.2, 0) is 22.5 Å².